The van der Waals surface area contributed by atoms with Gasteiger partial charge in [-0.05, 0) is 48.4 Å². The van der Waals surface area contributed by atoms with Crippen molar-refractivity contribution in [3.05, 3.63) is 89.2 Å². The number of carbonyl (C=O) groups excluding carboxylic acids is 1. The highest BCUT2D eigenvalue weighted by molar-refractivity contribution is 5.90. The number of benzene rings is 2. The Bertz CT molecular complexity index is 957. The number of aromatic nitrogens is 1. The summed E-state index contributed by atoms with van der Waals surface area (Å²) >= 11 is 0. The van der Waals surface area contributed by atoms with Crippen molar-refractivity contribution in [3.63, 3.8) is 0 Å². The molecule has 5 nitrogen and oxygen atoms in total. The SMILES string of the molecule is CCOC(=O)c1ccc2c(c1)C(Nc1ccncc1)c1ccccc1CO2. The first-order valence-electron chi connectivity index (χ1n) is 8.94. The summed E-state index contributed by atoms with van der Waals surface area (Å²) in [6, 6.07) is 17.3. The number of fused-ring (bicyclic) bond motifs is 2. The molecule has 136 valence electrons. The van der Waals surface area contributed by atoms with Crippen LogP contribution in [0.2, 0.25) is 0 Å². The largest absolute Gasteiger partial charge is 0.489 e. The van der Waals surface area contributed by atoms with Crippen LogP contribution in [0.4, 0.5) is 5.69 Å². The molecule has 4 rings (SSSR count). The minimum Gasteiger partial charge on any atom is -0.489 e. The summed E-state index contributed by atoms with van der Waals surface area (Å²) in [6.07, 6.45) is 3.49. The molecule has 1 aliphatic heterocycles. The molecule has 1 atom stereocenters. The molecule has 0 fully saturated rings. The zero-order valence-electron chi connectivity index (χ0n) is 15.0. The molecule has 1 unspecified atom stereocenters. The van der Waals surface area contributed by atoms with Gasteiger partial charge in [-0.3, -0.25) is 4.98 Å². The molecule has 1 N–H and O–H groups in total. The Morgan fingerprint density at radius 1 is 1.15 bits per heavy atom. The maximum Gasteiger partial charge on any atom is 0.338 e. The third-order valence-corrected chi connectivity index (χ3v) is 4.57. The summed E-state index contributed by atoms with van der Waals surface area (Å²) in [4.78, 5) is 16.3. The summed E-state index contributed by atoms with van der Waals surface area (Å²) in [5, 5.41) is 3.56. The van der Waals surface area contributed by atoms with Crippen molar-refractivity contribution in [2.45, 2.75) is 19.6 Å². The Balaban J connectivity index is 1.82. The average Bonchev–Trinajstić information content (AvgIpc) is 2.86. The molecule has 0 saturated carbocycles. The Morgan fingerprint density at radius 3 is 2.78 bits per heavy atom. The Morgan fingerprint density at radius 2 is 1.96 bits per heavy atom. The first-order chi connectivity index (χ1) is 13.3. The van der Waals surface area contributed by atoms with E-state index < -0.39 is 0 Å². The first kappa shape index (κ1) is 17.1. The quantitative estimate of drug-likeness (QED) is 0.701. The molecule has 0 bridgehead atoms. The van der Waals surface area contributed by atoms with Crippen LogP contribution >= 0.6 is 0 Å². The number of pyridine rings is 1. The highest BCUT2D eigenvalue weighted by Crippen LogP contribution is 2.38. The molecule has 0 amide bonds. The lowest BCUT2D eigenvalue weighted by Crippen LogP contribution is -2.14. The van der Waals surface area contributed by atoms with Gasteiger partial charge < -0.3 is 14.8 Å². The molecular weight excluding hydrogens is 340 g/mol. The van der Waals surface area contributed by atoms with Gasteiger partial charge in [-0.15, -0.1) is 0 Å². The van der Waals surface area contributed by atoms with Crippen LogP contribution < -0.4 is 10.1 Å². The minimum absolute atomic E-state index is 0.157. The van der Waals surface area contributed by atoms with E-state index in [0.717, 1.165) is 28.1 Å². The third kappa shape index (κ3) is 3.49. The van der Waals surface area contributed by atoms with Gasteiger partial charge in [-0.25, -0.2) is 4.79 Å². The number of nitrogens with one attached hydrogen (secondary N) is 1. The third-order valence-electron chi connectivity index (χ3n) is 4.57. The molecular formula is C22H20N2O3. The van der Waals surface area contributed by atoms with Gasteiger partial charge in [0.15, 0.2) is 0 Å². The molecule has 0 radical (unpaired) electrons. The topological polar surface area (TPSA) is 60.5 Å². The van der Waals surface area contributed by atoms with Crippen LogP contribution in [0.5, 0.6) is 5.75 Å². The monoisotopic (exact) mass is 360 g/mol. The van der Waals surface area contributed by atoms with Crippen molar-refractivity contribution in [1.29, 1.82) is 0 Å². The van der Waals surface area contributed by atoms with Gasteiger partial charge in [-0.1, -0.05) is 24.3 Å². The summed E-state index contributed by atoms with van der Waals surface area (Å²) in [6.45, 7) is 2.62. The van der Waals surface area contributed by atoms with Crippen LogP contribution in [0, 0.1) is 0 Å². The van der Waals surface area contributed by atoms with E-state index in [4.69, 9.17) is 9.47 Å². The number of ether oxygens (including phenoxy) is 2. The van der Waals surface area contributed by atoms with E-state index in [-0.39, 0.29) is 12.0 Å². The lowest BCUT2D eigenvalue weighted by atomic mass is 9.93. The second-order valence-electron chi connectivity index (χ2n) is 6.27. The van der Waals surface area contributed by atoms with E-state index in [2.05, 4.69) is 22.4 Å². The fourth-order valence-corrected chi connectivity index (χ4v) is 3.29. The highest BCUT2D eigenvalue weighted by Gasteiger charge is 2.26. The van der Waals surface area contributed by atoms with Crippen LogP contribution in [0.1, 0.15) is 40.0 Å². The lowest BCUT2D eigenvalue weighted by molar-refractivity contribution is 0.0526. The van der Waals surface area contributed by atoms with E-state index >= 15 is 0 Å². The predicted molar refractivity (Wildman–Crippen MR) is 103 cm³/mol. The summed E-state index contributed by atoms with van der Waals surface area (Å²) in [5.41, 5.74) is 4.59. The highest BCUT2D eigenvalue weighted by atomic mass is 16.5. The smallest absolute Gasteiger partial charge is 0.338 e. The van der Waals surface area contributed by atoms with Gasteiger partial charge >= 0.3 is 5.97 Å². The van der Waals surface area contributed by atoms with Gasteiger partial charge in [0.25, 0.3) is 0 Å². The number of rotatable bonds is 4. The molecule has 0 saturated heterocycles. The minimum atomic E-state index is -0.333. The van der Waals surface area contributed by atoms with Crippen molar-refractivity contribution in [2.75, 3.05) is 11.9 Å². The van der Waals surface area contributed by atoms with Crippen molar-refractivity contribution in [3.8, 4) is 5.75 Å². The summed E-state index contributed by atoms with van der Waals surface area (Å²) in [7, 11) is 0. The number of carbonyl (C=O) groups is 1. The summed E-state index contributed by atoms with van der Waals surface area (Å²) < 4.78 is 11.2. The van der Waals surface area contributed by atoms with Gasteiger partial charge in [0, 0.05) is 23.6 Å². The van der Waals surface area contributed by atoms with Crippen molar-refractivity contribution >= 4 is 11.7 Å². The zero-order chi connectivity index (χ0) is 18.6. The number of hydrogen-bond acceptors (Lipinski definition) is 5. The standard InChI is InChI=1S/C22H20N2O3/c1-2-26-22(25)15-7-8-20-19(13-15)21(24-17-9-11-23-12-10-17)18-6-4-3-5-16(18)14-27-20/h3-13,21H,2,14H2,1H3,(H,23,24). The molecule has 27 heavy (non-hydrogen) atoms. The maximum atomic E-state index is 12.2. The molecule has 3 aromatic rings. The van der Waals surface area contributed by atoms with Crippen molar-refractivity contribution in [2.24, 2.45) is 0 Å². The van der Waals surface area contributed by atoms with Crippen molar-refractivity contribution < 1.29 is 14.3 Å². The van der Waals surface area contributed by atoms with Crippen molar-refractivity contribution in [1.82, 2.24) is 4.98 Å². The second kappa shape index (κ2) is 7.50. The summed E-state index contributed by atoms with van der Waals surface area (Å²) in [5.74, 6) is 0.422. The van der Waals surface area contributed by atoms with Crippen LogP contribution in [0.15, 0.2) is 67.0 Å². The van der Waals surface area contributed by atoms with E-state index in [1.165, 1.54) is 0 Å². The van der Waals surface area contributed by atoms with Gasteiger partial charge in [0.05, 0.1) is 18.2 Å². The van der Waals surface area contributed by atoms with Crippen LogP contribution in [-0.2, 0) is 11.3 Å². The molecule has 1 aromatic heterocycles. The van der Waals surface area contributed by atoms with Gasteiger partial charge in [-0.2, -0.15) is 0 Å². The van der Waals surface area contributed by atoms with Crippen LogP contribution in [0.3, 0.4) is 0 Å². The maximum absolute atomic E-state index is 12.2. The normalized spacial score (nSPS) is 14.9. The molecule has 0 aliphatic carbocycles. The number of esters is 1. The first-order valence-corrected chi connectivity index (χ1v) is 8.94. The zero-order valence-corrected chi connectivity index (χ0v) is 15.0. The fourth-order valence-electron chi connectivity index (χ4n) is 3.29. The average molecular weight is 360 g/mol. The second-order valence-corrected chi connectivity index (χ2v) is 6.27. The van der Waals surface area contributed by atoms with E-state index in [9.17, 15) is 4.79 Å². The Hall–Kier alpha value is -3.34. The molecule has 1 aliphatic rings. The number of nitrogens with zero attached hydrogens (tertiary/aromatic N) is 1. The number of hydrogen-bond donors (Lipinski definition) is 1. The molecule has 0 spiro atoms. The predicted octanol–water partition coefficient (Wildman–Crippen LogP) is 4.35. The Kier molecular flexibility index (Phi) is 4.75. The van der Waals surface area contributed by atoms with Gasteiger partial charge in [0.1, 0.15) is 12.4 Å². The lowest BCUT2D eigenvalue weighted by Gasteiger charge is -2.22. The van der Waals surface area contributed by atoms with Crippen LogP contribution in [0.25, 0.3) is 0 Å². The Labute approximate surface area is 158 Å². The molecule has 2 heterocycles. The molecule has 5 heteroatoms. The molecule has 2 aromatic carbocycles. The van der Waals surface area contributed by atoms with Gasteiger partial charge in [0.2, 0.25) is 0 Å². The van der Waals surface area contributed by atoms with E-state index in [1.54, 1.807) is 25.4 Å². The number of anilines is 1. The van der Waals surface area contributed by atoms with E-state index in [1.807, 2.05) is 36.4 Å². The fraction of sp³-hybridized carbons (Fsp3) is 0.182. The van der Waals surface area contributed by atoms with Crippen LogP contribution in [-0.4, -0.2) is 17.6 Å². The van der Waals surface area contributed by atoms with E-state index in [0.29, 0.717) is 18.8 Å².